The van der Waals surface area contributed by atoms with Crippen molar-refractivity contribution in [2.45, 2.75) is 18.1 Å². The number of hydrogen-bond donors (Lipinski definition) is 0. The maximum absolute atomic E-state index is 11.9. The zero-order valence-electron chi connectivity index (χ0n) is 10.5. The van der Waals surface area contributed by atoms with Crippen LogP contribution in [0.5, 0.6) is 0 Å². The van der Waals surface area contributed by atoms with E-state index in [1.807, 2.05) is 11.8 Å². The number of rotatable bonds is 3. The summed E-state index contributed by atoms with van der Waals surface area (Å²) >= 11 is 1.82. The van der Waals surface area contributed by atoms with Crippen LogP contribution in [0.15, 0.2) is 27.3 Å². The predicted octanol–water partition coefficient (Wildman–Crippen LogP) is 1.49. The molecular weight excluding hydrogens is 262 g/mol. The van der Waals surface area contributed by atoms with Crippen molar-refractivity contribution in [1.82, 2.24) is 0 Å². The van der Waals surface area contributed by atoms with Gasteiger partial charge < -0.3 is 4.74 Å². The van der Waals surface area contributed by atoms with Gasteiger partial charge in [0.1, 0.15) is 11.8 Å². The van der Waals surface area contributed by atoms with Crippen molar-refractivity contribution in [3.8, 4) is 0 Å². The fourth-order valence-corrected chi connectivity index (χ4v) is 3.24. The van der Waals surface area contributed by atoms with Gasteiger partial charge in [0.15, 0.2) is 0 Å². The van der Waals surface area contributed by atoms with Crippen molar-refractivity contribution in [2.75, 3.05) is 19.0 Å². The van der Waals surface area contributed by atoms with Gasteiger partial charge in [-0.05, 0) is 18.9 Å². The van der Waals surface area contributed by atoms with Gasteiger partial charge in [-0.1, -0.05) is 0 Å². The number of amidine groups is 1. The molecule has 1 saturated heterocycles. The second-order valence-electron chi connectivity index (χ2n) is 4.62. The minimum Gasteiger partial charge on any atom is -0.381 e. The molecule has 0 aromatic carbocycles. The van der Waals surface area contributed by atoms with Crippen LogP contribution in [-0.4, -0.2) is 47.9 Å². The summed E-state index contributed by atoms with van der Waals surface area (Å²) in [6.07, 6.45) is 7.19. The van der Waals surface area contributed by atoms with Gasteiger partial charge in [-0.2, -0.15) is 16.8 Å². The van der Waals surface area contributed by atoms with E-state index in [9.17, 15) is 4.79 Å². The van der Waals surface area contributed by atoms with Crippen molar-refractivity contribution in [3.63, 3.8) is 0 Å². The van der Waals surface area contributed by atoms with E-state index in [1.54, 1.807) is 18.5 Å². The van der Waals surface area contributed by atoms with E-state index in [1.165, 1.54) is 0 Å². The Morgan fingerprint density at radius 2 is 2.16 bits per heavy atom. The first-order valence-corrected chi connectivity index (χ1v) is 7.47. The molecule has 0 spiro atoms. The number of nitrogens with zero attached hydrogens (tertiary/aromatic N) is 3. The van der Waals surface area contributed by atoms with E-state index in [0.717, 1.165) is 31.8 Å². The number of carbonyl (C=O) groups excluding carboxylic acids is 1. The molecular formula is C13H15N3O2S. The number of thioether (sulfide) groups is 1. The molecule has 0 aliphatic carbocycles. The normalized spacial score (nSPS) is 26.9. The van der Waals surface area contributed by atoms with Crippen LogP contribution in [0, 0.1) is 5.92 Å². The van der Waals surface area contributed by atoms with Crippen molar-refractivity contribution in [3.05, 3.63) is 12.3 Å². The predicted molar refractivity (Wildman–Crippen MR) is 77.3 cm³/mol. The first-order chi connectivity index (χ1) is 9.33. The molecule has 0 bridgehead atoms. The molecule has 3 rings (SSSR count). The molecule has 0 saturated carbocycles. The maximum atomic E-state index is 11.9. The lowest BCUT2D eigenvalue weighted by Crippen LogP contribution is -2.30. The minimum absolute atomic E-state index is 0.152. The van der Waals surface area contributed by atoms with Crippen LogP contribution in [0.1, 0.15) is 12.8 Å². The standard InChI is InChI=1S/C13H15N3O2S/c17-13-10-7-14-4-1-11(10)15-12(16-13)8-19-9-2-5-18-6-3-9/h1,4,7,9-10H,2-3,5-6,8H2. The molecule has 1 unspecified atom stereocenters. The first-order valence-electron chi connectivity index (χ1n) is 6.42. The summed E-state index contributed by atoms with van der Waals surface area (Å²) in [6.45, 7) is 1.66. The first kappa shape index (κ1) is 12.7. The van der Waals surface area contributed by atoms with Gasteiger partial charge in [-0.25, -0.2) is 4.99 Å². The zero-order valence-corrected chi connectivity index (χ0v) is 11.3. The Hall–Kier alpha value is -1.27. The molecule has 1 atom stereocenters. The Labute approximate surface area is 115 Å². The van der Waals surface area contributed by atoms with Gasteiger partial charge in [-0.3, -0.25) is 9.79 Å². The molecule has 100 valence electrons. The summed E-state index contributed by atoms with van der Waals surface area (Å²) in [7, 11) is 0. The van der Waals surface area contributed by atoms with Crippen molar-refractivity contribution < 1.29 is 9.53 Å². The van der Waals surface area contributed by atoms with Crippen LogP contribution in [0.25, 0.3) is 0 Å². The highest BCUT2D eigenvalue weighted by Crippen LogP contribution is 2.23. The van der Waals surface area contributed by atoms with Crippen LogP contribution >= 0.6 is 11.8 Å². The monoisotopic (exact) mass is 277 g/mol. The highest BCUT2D eigenvalue weighted by molar-refractivity contribution is 8.00. The van der Waals surface area contributed by atoms with Gasteiger partial charge in [0.05, 0.1) is 11.5 Å². The van der Waals surface area contributed by atoms with Gasteiger partial charge in [0, 0.05) is 30.9 Å². The van der Waals surface area contributed by atoms with Crippen LogP contribution in [0.3, 0.4) is 0 Å². The van der Waals surface area contributed by atoms with Gasteiger partial charge in [0.25, 0.3) is 5.91 Å². The van der Waals surface area contributed by atoms with E-state index in [-0.39, 0.29) is 11.8 Å². The molecule has 3 aliphatic rings. The lowest BCUT2D eigenvalue weighted by atomic mass is 10.0. The lowest BCUT2D eigenvalue weighted by molar-refractivity contribution is -0.118. The van der Waals surface area contributed by atoms with Gasteiger partial charge in [-0.15, -0.1) is 0 Å². The lowest BCUT2D eigenvalue weighted by Gasteiger charge is -2.22. The van der Waals surface area contributed by atoms with E-state index in [0.29, 0.717) is 16.8 Å². The number of amides is 1. The molecule has 0 aromatic heterocycles. The summed E-state index contributed by atoms with van der Waals surface area (Å²) in [5.41, 5.74) is 0.762. The second-order valence-corrected chi connectivity index (χ2v) is 5.91. The smallest absolute Gasteiger partial charge is 0.262 e. The summed E-state index contributed by atoms with van der Waals surface area (Å²) in [5.74, 6) is 0.799. The number of carbonyl (C=O) groups is 1. The summed E-state index contributed by atoms with van der Waals surface area (Å²) in [5, 5.41) is 0.591. The SMILES string of the molecule is O=C1N=C(CSC2CCOCC2)N=C2C=CN=CC12. The number of hydrogen-bond acceptors (Lipinski definition) is 5. The number of fused-ring (bicyclic) bond motifs is 1. The number of aliphatic imine (C=N–C) groups is 3. The maximum Gasteiger partial charge on any atom is 0.262 e. The number of ether oxygens (including phenoxy) is 1. The number of allylic oxidation sites excluding steroid dienone is 1. The molecule has 0 radical (unpaired) electrons. The topological polar surface area (TPSA) is 63.4 Å². The minimum atomic E-state index is -0.373. The Morgan fingerprint density at radius 3 is 3.00 bits per heavy atom. The fraction of sp³-hybridized carbons (Fsp3) is 0.538. The van der Waals surface area contributed by atoms with E-state index in [2.05, 4.69) is 15.0 Å². The average molecular weight is 277 g/mol. The zero-order chi connectivity index (χ0) is 13.1. The molecule has 6 heteroatoms. The summed E-state index contributed by atoms with van der Waals surface area (Å²) in [6, 6.07) is 0. The summed E-state index contributed by atoms with van der Waals surface area (Å²) < 4.78 is 5.33. The quantitative estimate of drug-likeness (QED) is 0.785. The van der Waals surface area contributed by atoms with E-state index in [4.69, 9.17) is 4.74 Å². The van der Waals surface area contributed by atoms with E-state index >= 15 is 0 Å². The molecule has 1 amide bonds. The third kappa shape index (κ3) is 3.01. The summed E-state index contributed by atoms with van der Waals surface area (Å²) in [4.78, 5) is 24.3. The molecule has 0 N–H and O–H groups in total. The Balaban J connectivity index is 1.62. The van der Waals surface area contributed by atoms with Crippen LogP contribution < -0.4 is 0 Å². The van der Waals surface area contributed by atoms with Crippen LogP contribution in [-0.2, 0) is 9.53 Å². The van der Waals surface area contributed by atoms with Crippen molar-refractivity contribution >= 4 is 35.4 Å². The second kappa shape index (κ2) is 5.79. The molecule has 0 aromatic rings. The Morgan fingerprint density at radius 1 is 1.32 bits per heavy atom. The highest BCUT2D eigenvalue weighted by Gasteiger charge is 2.27. The third-order valence-electron chi connectivity index (χ3n) is 3.27. The van der Waals surface area contributed by atoms with Crippen LogP contribution in [0.2, 0.25) is 0 Å². The van der Waals surface area contributed by atoms with Gasteiger partial charge >= 0.3 is 0 Å². The van der Waals surface area contributed by atoms with E-state index < -0.39 is 0 Å². The fourth-order valence-electron chi connectivity index (χ4n) is 2.20. The third-order valence-corrected chi connectivity index (χ3v) is 4.63. The van der Waals surface area contributed by atoms with Crippen LogP contribution in [0.4, 0.5) is 0 Å². The molecule has 19 heavy (non-hydrogen) atoms. The highest BCUT2D eigenvalue weighted by atomic mass is 32.2. The molecule has 3 aliphatic heterocycles. The average Bonchev–Trinajstić information content (AvgIpc) is 2.46. The van der Waals surface area contributed by atoms with Crippen molar-refractivity contribution in [2.24, 2.45) is 20.9 Å². The molecule has 3 heterocycles. The van der Waals surface area contributed by atoms with Gasteiger partial charge in [0.2, 0.25) is 0 Å². The Bertz CT molecular complexity index is 490. The molecule has 5 nitrogen and oxygen atoms in total. The van der Waals surface area contributed by atoms with Crippen molar-refractivity contribution in [1.29, 1.82) is 0 Å². The molecule has 1 fully saturated rings. The Kier molecular flexibility index (Phi) is 3.89. The largest absolute Gasteiger partial charge is 0.381 e.